The molecule has 4 bridgehead atoms. The van der Waals surface area contributed by atoms with Crippen LogP contribution in [0.25, 0.3) is 6.08 Å². The molecule has 1 aromatic heterocycles. The molecule has 4 heterocycles. The van der Waals surface area contributed by atoms with Crippen molar-refractivity contribution in [2.75, 3.05) is 27.4 Å². The van der Waals surface area contributed by atoms with E-state index in [0.29, 0.717) is 51.0 Å². The van der Waals surface area contributed by atoms with E-state index in [1.54, 1.807) is 31.6 Å². The topological polar surface area (TPSA) is 145 Å². The first kappa shape index (κ1) is 32.7. The van der Waals surface area contributed by atoms with Crippen molar-refractivity contribution >= 4 is 24.1 Å². The van der Waals surface area contributed by atoms with Gasteiger partial charge in [0, 0.05) is 39.0 Å². The Labute approximate surface area is 252 Å². The van der Waals surface area contributed by atoms with E-state index >= 15 is 0 Å². The fourth-order valence-corrected chi connectivity index (χ4v) is 5.74. The standard InChI is InChI=1S/C31H44N2O10/c1-37-24-15-23-9-5-8-22(41-23)12-14-39-30(35)19-27-18-26(17-25(16-24)42-27)43-29(34)11-4-3-7-21-20-40-28(33-21)10-6-13-32-31(36)38-2/h4,6,10-11,20,22-27H,3,5,7-9,12-19H2,1-2H3,(H,32,36)/b10-6-,11-4-/t22?,23?,24-,25?,26-,27?/m1/s1. The number of ether oxygens (including phenoxy) is 6. The van der Waals surface area contributed by atoms with Crippen LogP contribution in [0.15, 0.2) is 28.9 Å². The number of oxazole rings is 1. The molecule has 3 fully saturated rings. The van der Waals surface area contributed by atoms with Crippen molar-refractivity contribution in [3.05, 3.63) is 36.1 Å². The number of rotatable bonds is 9. The van der Waals surface area contributed by atoms with Gasteiger partial charge in [-0.1, -0.05) is 12.2 Å². The Kier molecular flexibility index (Phi) is 13.1. The zero-order chi connectivity index (χ0) is 30.4. The zero-order valence-corrected chi connectivity index (χ0v) is 25.1. The number of hydrogen-bond donors (Lipinski definition) is 1. The van der Waals surface area contributed by atoms with Gasteiger partial charge in [0.1, 0.15) is 12.4 Å². The number of cyclic esters (lactones) is 1. The fourth-order valence-electron chi connectivity index (χ4n) is 5.74. The highest BCUT2D eigenvalue weighted by Gasteiger charge is 2.36. The number of carbonyl (C=O) groups excluding carboxylic acids is 3. The van der Waals surface area contributed by atoms with Gasteiger partial charge in [-0.3, -0.25) is 4.79 Å². The smallest absolute Gasteiger partial charge is 0.407 e. The summed E-state index contributed by atoms with van der Waals surface area (Å²) in [5.74, 6) is -0.332. The van der Waals surface area contributed by atoms with Crippen molar-refractivity contribution in [1.29, 1.82) is 0 Å². The highest BCUT2D eigenvalue weighted by molar-refractivity contribution is 5.82. The summed E-state index contributed by atoms with van der Waals surface area (Å²) in [4.78, 5) is 40.6. The molecule has 12 heteroatoms. The van der Waals surface area contributed by atoms with Gasteiger partial charge in [0.05, 0.1) is 56.4 Å². The molecule has 6 atom stereocenters. The van der Waals surface area contributed by atoms with Crippen LogP contribution in [-0.4, -0.2) is 87.0 Å². The van der Waals surface area contributed by atoms with E-state index in [1.165, 1.54) is 13.2 Å². The van der Waals surface area contributed by atoms with Gasteiger partial charge < -0.3 is 38.2 Å². The number of hydrogen-bond acceptors (Lipinski definition) is 11. The lowest BCUT2D eigenvalue weighted by Gasteiger charge is -2.37. The van der Waals surface area contributed by atoms with Gasteiger partial charge >= 0.3 is 18.0 Å². The second kappa shape index (κ2) is 17.2. The minimum Gasteiger partial charge on any atom is -0.465 e. The van der Waals surface area contributed by atoms with Crippen molar-refractivity contribution in [2.24, 2.45) is 0 Å². The predicted octanol–water partition coefficient (Wildman–Crippen LogP) is 4.06. The van der Waals surface area contributed by atoms with Gasteiger partial charge in [-0.25, -0.2) is 14.6 Å². The fraction of sp³-hybridized carbons (Fsp3) is 0.677. The molecule has 0 radical (unpaired) electrons. The summed E-state index contributed by atoms with van der Waals surface area (Å²) in [6.45, 7) is 0.612. The molecule has 3 aliphatic rings. The maximum absolute atomic E-state index is 12.7. The first-order valence-corrected chi connectivity index (χ1v) is 15.2. The monoisotopic (exact) mass is 604 g/mol. The average Bonchev–Trinajstić information content (AvgIpc) is 3.44. The molecule has 4 unspecified atom stereocenters. The maximum Gasteiger partial charge on any atom is 0.407 e. The van der Waals surface area contributed by atoms with Crippen LogP contribution in [0.5, 0.6) is 0 Å². The number of esters is 2. The lowest BCUT2D eigenvalue weighted by molar-refractivity contribution is -0.167. The minimum absolute atomic E-state index is 0.0531. The predicted molar refractivity (Wildman–Crippen MR) is 154 cm³/mol. The van der Waals surface area contributed by atoms with Crippen LogP contribution in [0.3, 0.4) is 0 Å². The van der Waals surface area contributed by atoms with E-state index in [4.69, 9.17) is 28.1 Å². The van der Waals surface area contributed by atoms with Crippen molar-refractivity contribution < 1.29 is 47.2 Å². The third-order valence-electron chi connectivity index (χ3n) is 7.84. The SMILES string of the molecule is COC(=O)NC/C=C\c1nc(CC/C=C\C(=O)O[C@H]2CC3CC(=O)OCCC4CCCC(C[C@@H](OC)CC(C2)O3)O4)co1. The van der Waals surface area contributed by atoms with E-state index in [2.05, 4.69) is 15.0 Å². The Morgan fingerprint density at radius 1 is 1.00 bits per heavy atom. The highest BCUT2D eigenvalue weighted by Crippen LogP contribution is 2.31. The van der Waals surface area contributed by atoms with E-state index in [1.807, 2.05) is 0 Å². The maximum atomic E-state index is 12.7. The summed E-state index contributed by atoms with van der Waals surface area (Å²) >= 11 is 0. The zero-order valence-electron chi connectivity index (χ0n) is 25.1. The number of amides is 1. The van der Waals surface area contributed by atoms with Gasteiger partial charge in [0.2, 0.25) is 5.89 Å². The normalized spacial score (nSPS) is 28.7. The summed E-state index contributed by atoms with van der Waals surface area (Å²) in [7, 11) is 3.00. The largest absolute Gasteiger partial charge is 0.465 e. The van der Waals surface area contributed by atoms with Crippen LogP contribution in [0, 0.1) is 0 Å². The first-order chi connectivity index (χ1) is 20.9. The van der Waals surface area contributed by atoms with Crippen LogP contribution in [0.2, 0.25) is 0 Å². The summed E-state index contributed by atoms with van der Waals surface area (Å²) < 4.78 is 39.5. The number of methoxy groups -OCH3 is 2. The molecule has 3 saturated heterocycles. The number of allylic oxidation sites excluding steroid dienone is 1. The number of aromatic nitrogens is 1. The van der Waals surface area contributed by atoms with Crippen LogP contribution < -0.4 is 5.32 Å². The molecule has 12 nitrogen and oxygen atoms in total. The minimum atomic E-state index is -0.516. The third-order valence-corrected chi connectivity index (χ3v) is 7.84. The number of alkyl carbamates (subject to hydrolysis) is 1. The number of nitrogens with one attached hydrogen (secondary N) is 1. The number of aryl methyl sites for hydroxylation is 1. The van der Waals surface area contributed by atoms with Gasteiger partial charge in [0.25, 0.3) is 0 Å². The van der Waals surface area contributed by atoms with Crippen molar-refractivity contribution in [2.45, 2.75) is 107 Å². The Bertz CT molecular complexity index is 1100. The Morgan fingerprint density at radius 3 is 2.60 bits per heavy atom. The second-order valence-electron chi connectivity index (χ2n) is 11.2. The molecule has 43 heavy (non-hydrogen) atoms. The van der Waals surface area contributed by atoms with E-state index in [-0.39, 0.29) is 49.5 Å². The molecule has 0 aromatic carbocycles. The molecule has 0 aliphatic carbocycles. The van der Waals surface area contributed by atoms with Crippen molar-refractivity contribution in [3.63, 3.8) is 0 Å². The molecular weight excluding hydrogens is 560 g/mol. The van der Waals surface area contributed by atoms with Gasteiger partial charge in [-0.05, 0) is 51.0 Å². The molecule has 3 aliphatic heterocycles. The number of fused-ring (bicyclic) bond motifs is 4. The van der Waals surface area contributed by atoms with E-state index in [9.17, 15) is 14.4 Å². The highest BCUT2D eigenvalue weighted by atomic mass is 16.6. The lowest BCUT2D eigenvalue weighted by atomic mass is 9.92. The quantitative estimate of drug-likeness (QED) is 0.247. The molecule has 0 saturated carbocycles. The average molecular weight is 605 g/mol. The molecule has 1 aromatic rings. The van der Waals surface area contributed by atoms with Crippen LogP contribution >= 0.6 is 0 Å². The molecule has 4 rings (SSSR count). The molecule has 0 spiro atoms. The summed E-state index contributed by atoms with van der Waals surface area (Å²) in [6, 6.07) is 0. The van der Waals surface area contributed by atoms with Crippen molar-refractivity contribution in [3.8, 4) is 0 Å². The summed E-state index contributed by atoms with van der Waals surface area (Å²) in [6.07, 6.45) is 14.1. The van der Waals surface area contributed by atoms with Crippen molar-refractivity contribution in [1.82, 2.24) is 10.3 Å². The first-order valence-electron chi connectivity index (χ1n) is 15.2. The van der Waals surface area contributed by atoms with Crippen LogP contribution in [0.1, 0.15) is 75.8 Å². The second-order valence-corrected chi connectivity index (χ2v) is 11.2. The number of nitrogens with zero attached hydrogens (tertiary/aromatic N) is 1. The van der Waals surface area contributed by atoms with Gasteiger partial charge in [-0.2, -0.15) is 0 Å². The summed E-state index contributed by atoms with van der Waals surface area (Å²) in [5, 5.41) is 2.53. The Balaban J connectivity index is 1.26. The Hall–Kier alpha value is -3.22. The molecule has 238 valence electrons. The molecular formula is C31H44N2O10. The van der Waals surface area contributed by atoms with Crippen LogP contribution in [0.4, 0.5) is 4.79 Å². The van der Waals surface area contributed by atoms with Gasteiger partial charge in [0.15, 0.2) is 0 Å². The Morgan fingerprint density at radius 2 is 1.77 bits per heavy atom. The molecule has 1 amide bonds. The van der Waals surface area contributed by atoms with E-state index in [0.717, 1.165) is 31.4 Å². The van der Waals surface area contributed by atoms with E-state index < -0.39 is 18.2 Å². The van der Waals surface area contributed by atoms with Gasteiger partial charge in [-0.15, -0.1) is 0 Å². The van der Waals surface area contributed by atoms with Crippen LogP contribution in [-0.2, 0) is 44.4 Å². The molecule has 1 N–H and O–H groups in total. The lowest BCUT2D eigenvalue weighted by Crippen LogP contribution is -2.42. The number of carbonyl (C=O) groups is 3. The summed E-state index contributed by atoms with van der Waals surface area (Å²) in [5.41, 5.74) is 0.738. The third kappa shape index (κ3) is 11.4.